The Morgan fingerprint density at radius 2 is 2.47 bits per heavy atom. The van der Waals surface area contributed by atoms with E-state index in [9.17, 15) is 9.59 Å². The zero-order valence-corrected chi connectivity index (χ0v) is 11.4. The van der Waals surface area contributed by atoms with Gasteiger partial charge in [0.05, 0.1) is 17.2 Å². The maximum absolute atomic E-state index is 11.8. The number of carbonyl (C=O) groups is 2. The fraction of sp³-hybridized carbons (Fsp3) is 0.545. The van der Waals surface area contributed by atoms with E-state index < -0.39 is 0 Å². The molecule has 4 nitrogen and oxygen atoms in total. The number of hydrogen-bond acceptors (Lipinski definition) is 5. The van der Waals surface area contributed by atoms with Gasteiger partial charge >= 0.3 is 0 Å². The molecule has 2 heterocycles. The van der Waals surface area contributed by atoms with E-state index in [0.717, 1.165) is 10.7 Å². The molecule has 0 aromatic carbocycles. The van der Waals surface area contributed by atoms with Crippen LogP contribution in [0.3, 0.4) is 0 Å². The number of carbonyl (C=O) groups excluding carboxylic acids is 2. The molecule has 0 saturated carbocycles. The molecule has 2 rings (SSSR count). The second-order valence-corrected chi connectivity index (χ2v) is 6.61. The lowest BCUT2D eigenvalue weighted by molar-refractivity contribution is -0.128. The quantitative estimate of drug-likeness (QED) is 0.841. The third-order valence-corrected chi connectivity index (χ3v) is 4.33. The third kappa shape index (κ3) is 3.29. The molecule has 0 spiro atoms. The minimum atomic E-state index is 0.0779. The van der Waals surface area contributed by atoms with E-state index in [2.05, 4.69) is 4.98 Å². The van der Waals surface area contributed by atoms with E-state index in [0.29, 0.717) is 19.5 Å². The highest BCUT2D eigenvalue weighted by atomic mass is 32.2. The third-order valence-electron chi connectivity index (χ3n) is 2.53. The first-order valence-corrected chi connectivity index (χ1v) is 7.16. The molecule has 1 unspecified atom stereocenters. The molecule has 1 aliphatic rings. The fourth-order valence-corrected chi connectivity index (χ4v) is 3.43. The number of thioether (sulfide) groups is 1. The Morgan fingerprint density at radius 3 is 3.06 bits per heavy atom. The van der Waals surface area contributed by atoms with E-state index in [1.165, 1.54) is 11.8 Å². The predicted molar refractivity (Wildman–Crippen MR) is 68.9 cm³/mol. The summed E-state index contributed by atoms with van der Waals surface area (Å²) in [5, 5.41) is 3.18. The Bertz CT molecular complexity index is 444. The summed E-state index contributed by atoms with van der Waals surface area (Å²) in [5.41, 5.74) is 0.939. The summed E-state index contributed by atoms with van der Waals surface area (Å²) in [6.45, 7) is 4.72. The van der Waals surface area contributed by atoms with Crippen LogP contribution in [0.15, 0.2) is 5.38 Å². The Kier molecular flexibility index (Phi) is 3.83. The van der Waals surface area contributed by atoms with E-state index in [4.69, 9.17) is 0 Å². The summed E-state index contributed by atoms with van der Waals surface area (Å²) in [6, 6.07) is 0. The molecular weight excluding hydrogens is 256 g/mol. The average Bonchev–Trinajstić information content (AvgIpc) is 2.74. The summed E-state index contributed by atoms with van der Waals surface area (Å²) >= 11 is 2.86. The number of likely N-dealkylation sites (tertiary alicyclic amines) is 1. The van der Waals surface area contributed by atoms with Gasteiger partial charge in [-0.3, -0.25) is 9.59 Å². The van der Waals surface area contributed by atoms with Gasteiger partial charge in [0.25, 0.3) is 0 Å². The smallest absolute Gasteiger partial charge is 0.224 e. The van der Waals surface area contributed by atoms with Crippen molar-refractivity contribution in [3.05, 3.63) is 16.1 Å². The summed E-state index contributed by atoms with van der Waals surface area (Å²) in [5.74, 6) is 0.120. The Balaban J connectivity index is 1.94. The molecule has 1 amide bonds. The van der Waals surface area contributed by atoms with Gasteiger partial charge in [-0.25, -0.2) is 4.98 Å². The minimum absolute atomic E-state index is 0.0779. The number of aromatic nitrogens is 1. The number of amides is 1. The number of rotatable bonds is 3. The van der Waals surface area contributed by atoms with Crippen LogP contribution in [0.4, 0.5) is 0 Å². The fourth-order valence-electron chi connectivity index (χ4n) is 1.88. The van der Waals surface area contributed by atoms with Crippen LogP contribution in [0.5, 0.6) is 0 Å². The second kappa shape index (κ2) is 5.18. The molecule has 6 heteroatoms. The van der Waals surface area contributed by atoms with Crippen LogP contribution in [0.1, 0.15) is 24.0 Å². The van der Waals surface area contributed by atoms with Crippen molar-refractivity contribution in [2.75, 3.05) is 6.54 Å². The lowest BCUT2D eigenvalue weighted by atomic mass is 10.4. The van der Waals surface area contributed by atoms with Crippen LogP contribution >= 0.6 is 23.1 Å². The van der Waals surface area contributed by atoms with Gasteiger partial charge in [0, 0.05) is 30.5 Å². The molecule has 0 bridgehead atoms. The predicted octanol–water partition coefficient (Wildman–Crippen LogP) is 1.83. The van der Waals surface area contributed by atoms with Crippen molar-refractivity contribution in [1.29, 1.82) is 0 Å². The number of nitrogens with zero attached hydrogens (tertiary/aromatic N) is 2. The molecule has 1 aliphatic heterocycles. The summed E-state index contributed by atoms with van der Waals surface area (Å²) in [7, 11) is 0. The van der Waals surface area contributed by atoms with Crippen LogP contribution in [-0.4, -0.2) is 32.7 Å². The standard InChI is InChI=1S/C11H14N2O2S2/c1-7-12-9(6-16-7)4-13-5-10(3-11(13)15)17-8(2)14/h6,10H,3-5H2,1-2H3. The van der Waals surface area contributed by atoms with Gasteiger partial charge in [0.1, 0.15) is 0 Å². The van der Waals surface area contributed by atoms with E-state index in [-0.39, 0.29) is 16.3 Å². The Hall–Kier alpha value is -0.880. The van der Waals surface area contributed by atoms with Crippen LogP contribution in [0, 0.1) is 6.92 Å². The summed E-state index contributed by atoms with van der Waals surface area (Å²) < 4.78 is 0. The molecule has 1 aromatic rings. The molecule has 1 saturated heterocycles. The van der Waals surface area contributed by atoms with Crippen molar-refractivity contribution in [3.63, 3.8) is 0 Å². The number of thiazole rings is 1. The van der Waals surface area contributed by atoms with Crippen molar-refractivity contribution in [3.8, 4) is 0 Å². The molecule has 17 heavy (non-hydrogen) atoms. The molecule has 92 valence electrons. The first-order chi connectivity index (χ1) is 8.04. The van der Waals surface area contributed by atoms with Gasteiger partial charge in [-0.2, -0.15) is 0 Å². The first kappa shape index (κ1) is 12.6. The maximum atomic E-state index is 11.8. The molecule has 1 atom stereocenters. The molecular formula is C11H14N2O2S2. The summed E-state index contributed by atoms with van der Waals surface area (Å²) in [4.78, 5) is 28.9. The van der Waals surface area contributed by atoms with E-state index in [1.807, 2.05) is 12.3 Å². The number of aryl methyl sites for hydroxylation is 1. The van der Waals surface area contributed by atoms with Gasteiger partial charge in [-0.05, 0) is 6.92 Å². The van der Waals surface area contributed by atoms with E-state index in [1.54, 1.807) is 23.2 Å². The lowest BCUT2D eigenvalue weighted by Crippen LogP contribution is -2.25. The highest BCUT2D eigenvalue weighted by Gasteiger charge is 2.31. The van der Waals surface area contributed by atoms with Crippen molar-refractivity contribution >= 4 is 34.1 Å². The highest BCUT2D eigenvalue weighted by Crippen LogP contribution is 2.25. The lowest BCUT2D eigenvalue weighted by Gasteiger charge is -2.14. The minimum Gasteiger partial charge on any atom is -0.336 e. The van der Waals surface area contributed by atoms with Gasteiger partial charge in [0.2, 0.25) is 5.91 Å². The Morgan fingerprint density at radius 1 is 1.71 bits per heavy atom. The van der Waals surface area contributed by atoms with Gasteiger partial charge in [-0.15, -0.1) is 11.3 Å². The van der Waals surface area contributed by atoms with Crippen molar-refractivity contribution in [2.45, 2.75) is 32.1 Å². The Labute approximate surface area is 108 Å². The number of hydrogen-bond donors (Lipinski definition) is 0. The largest absolute Gasteiger partial charge is 0.336 e. The average molecular weight is 270 g/mol. The van der Waals surface area contributed by atoms with Crippen molar-refractivity contribution < 1.29 is 9.59 Å². The highest BCUT2D eigenvalue weighted by molar-refractivity contribution is 8.14. The van der Waals surface area contributed by atoms with Gasteiger partial charge in [0.15, 0.2) is 5.12 Å². The van der Waals surface area contributed by atoms with Crippen LogP contribution in [0.25, 0.3) is 0 Å². The van der Waals surface area contributed by atoms with Gasteiger partial charge in [-0.1, -0.05) is 11.8 Å². The zero-order valence-electron chi connectivity index (χ0n) is 9.80. The summed E-state index contributed by atoms with van der Waals surface area (Å²) in [6.07, 6.45) is 0.466. The SMILES string of the molecule is CC(=O)SC1CC(=O)N(Cc2csc(C)n2)C1. The first-order valence-electron chi connectivity index (χ1n) is 5.40. The van der Waals surface area contributed by atoms with Gasteiger partial charge < -0.3 is 4.90 Å². The van der Waals surface area contributed by atoms with Crippen molar-refractivity contribution in [1.82, 2.24) is 9.88 Å². The van der Waals surface area contributed by atoms with E-state index >= 15 is 0 Å². The topological polar surface area (TPSA) is 50.3 Å². The van der Waals surface area contributed by atoms with Crippen LogP contribution < -0.4 is 0 Å². The monoisotopic (exact) mass is 270 g/mol. The second-order valence-electron chi connectivity index (χ2n) is 4.07. The van der Waals surface area contributed by atoms with Crippen LogP contribution in [0.2, 0.25) is 0 Å². The normalized spacial score (nSPS) is 20.0. The molecule has 0 N–H and O–H groups in total. The molecule has 0 radical (unpaired) electrons. The molecule has 0 aliphatic carbocycles. The maximum Gasteiger partial charge on any atom is 0.224 e. The molecule has 1 aromatic heterocycles. The van der Waals surface area contributed by atoms with Crippen molar-refractivity contribution in [2.24, 2.45) is 0 Å². The zero-order chi connectivity index (χ0) is 12.4. The van der Waals surface area contributed by atoms with Crippen LogP contribution in [-0.2, 0) is 16.1 Å². The molecule has 1 fully saturated rings.